The first-order chi connectivity index (χ1) is 13.7. The van der Waals surface area contributed by atoms with Gasteiger partial charge in [-0.05, 0) is 55.3 Å². The van der Waals surface area contributed by atoms with Crippen molar-refractivity contribution in [2.45, 2.75) is 18.7 Å². The van der Waals surface area contributed by atoms with Gasteiger partial charge in [-0.3, -0.25) is 4.79 Å². The third kappa shape index (κ3) is 4.60. The van der Waals surface area contributed by atoms with Crippen molar-refractivity contribution in [3.63, 3.8) is 0 Å². The molecule has 0 unspecified atom stereocenters. The lowest BCUT2D eigenvalue weighted by atomic mass is 10.2. The summed E-state index contributed by atoms with van der Waals surface area (Å²) in [6, 6.07) is 13.5. The number of para-hydroxylation sites is 1. The van der Waals surface area contributed by atoms with Gasteiger partial charge in [0, 0.05) is 11.8 Å². The number of halogens is 2. The van der Waals surface area contributed by atoms with E-state index in [-0.39, 0.29) is 21.9 Å². The normalized spacial score (nSPS) is 11.2. The van der Waals surface area contributed by atoms with E-state index >= 15 is 0 Å². The van der Waals surface area contributed by atoms with E-state index in [0.717, 1.165) is 17.7 Å². The summed E-state index contributed by atoms with van der Waals surface area (Å²) in [4.78, 5) is 12.6. The minimum atomic E-state index is -4.20. The fraction of sp³-hybridized carbons (Fsp3) is 0.0952. The Morgan fingerprint density at radius 2 is 1.66 bits per heavy atom. The first-order valence-electron chi connectivity index (χ1n) is 8.54. The van der Waals surface area contributed by atoms with Crippen molar-refractivity contribution in [1.82, 2.24) is 0 Å². The van der Waals surface area contributed by atoms with E-state index in [2.05, 4.69) is 5.32 Å². The summed E-state index contributed by atoms with van der Waals surface area (Å²) >= 11 is 0. The molecule has 0 aromatic heterocycles. The summed E-state index contributed by atoms with van der Waals surface area (Å²) in [7, 11) is -4.20. The summed E-state index contributed by atoms with van der Waals surface area (Å²) in [6.45, 7) is 3.39. The van der Waals surface area contributed by atoms with Crippen molar-refractivity contribution in [2.24, 2.45) is 0 Å². The number of carbonyl (C=O) groups excluding carboxylic acids is 1. The molecule has 8 heteroatoms. The van der Waals surface area contributed by atoms with Crippen molar-refractivity contribution < 1.29 is 26.2 Å². The van der Waals surface area contributed by atoms with Gasteiger partial charge in [0.05, 0.1) is 5.56 Å². The zero-order chi connectivity index (χ0) is 21.2. The van der Waals surface area contributed by atoms with E-state index in [1.54, 1.807) is 26.0 Å². The zero-order valence-corrected chi connectivity index (χ0v) is 16.4. The zero-order valence-electron chi connectivity index (χ0n) is 15.6. The molecule has 5 nitrogen and oxygen atoms in total. The predicted molar refractivity (Wildman–Crippen MR) is 104 cm³/mol. The van der Waals surface area contributed by atoms with E-state index in [4.69, 9.17) is 4.18 Å². The molecule has 0 heterocycles. The number of hydrogen-bond donors (Lipinski definition) is 1. The van der Waals surface area contributed by atoms with Crippen LogP contribution >= 0.6 is 0 Å². The number of nitrogens with one attached hydrogen (secondary N) is 1. The number of aryl methyl sites for hydroxylation is 2. The molecular weight excluding hydrogens is 400 g/mol. The summed E-state index contributed by atoms with van der Waals surface area (Å²) < 4.78 is 57.1. The maximum atomic E-state index is 13.4. The van der Waals surface area contributed by atoms with Crippen LogP contribution in [0.3, 0.4) is 0 Å². The molecule has 0 bridgehead atoms. The molecule has 0 spiro atoms. The van der Waals surface area contributed by atoms with E-state index in [1.165, 1.54) is 36.4 Å². The maximum absolute atomic E-state index is 13.4. The van der Waals surface area contributed by atoms with Crippen LogP contribution in [0.15, 0.2) is 65.6 Å². The Labute approximate surface area is 167 Å². The van der Waals surface area contributed by atoms with Crippen molar-refractivity contribution in [3.05, 3.63) is 89.0 Å². The second kappa shape index (κ2) is 8.00. The molecule has 0 aliphatic carbocycles. The smallest absolute Gasteiger partial charge is 0.339 e. The molecule has 0 aliphatic heterocycles. The Hall–Kier alpha value is -3.26. The second-order valence-electron chi connectivity index (χ2n) is 6.39. The summed E-state index contributed by atoms with van der Waals surface area (Å²) in [6.07, 6.45) is 0. The Kier molecular flexibility index (Phi) is 5.65. The van der Waals surface area contributed by atoms with Gasteiger partial charge in [0.15, 0.2) is 17.4 Å². The molecule has 1 amide bonds. The highest BCUT2D eigenvalue weighted by atomic mass is 32.2. The van der Waals surface area contributed by atoms with Crippen LogP contribution in [0.5, 0.6) is 5.75 Å². The van der Waals surface area contributed by atoms with Crippen LogP contribution in [0.2, 0.25) is 0 Å². The van der Waals surface area contributed by atoms with Crippen LogP contribution in [0.1, 0.15) is 21.5 Å². The Morgan fingerprint density at radius 1 is 0.931 bits per heavy atom. The van der Waals surface area contributed by atoms with Crippen LogP contribution in [0, 0.1) is 25.5 Å². The maximum Gasteiger partial charge on any atom is 0.339 e. The van der Waals surface area contributed by atoms with Gasteiger partial charge >= 0.3 is 10.1 Å². The third-order valence-electron chi connectivity index (χ3n) is 4.12. The molecule has 0 atom stereocenters. The number of hydrogen-bond acceptors (Lipinski definition) is 4. The quantitative estimate of drug-likeness (QED) is 0.616. The molecule has 0 aliphatic rings. The van der Waals surface area contributed by atoms with E-state index in [0.29, 0.717) is 5.56 Å². The van der Waals surface area contributed by atoms with E-state index in [9.17, 15) is 22.0 Å². The lowest BCUT2D eigenvalue weighted by molar-refractivity contribution is 0.102. The van der Waals surface area contributed by atoms with Crippen LogP contribution in [0.25, 0.3) is 0 Å². The first-order valence-corrected chi connectivity index (χ1v) is 9.95. The second-order valence-corrected chi connectivity index (χ2v) is 7.90. The van der Waals surface area contributed by atoms with Crippen LogP contribution in [-0.2, 0) is 10.1 Å². The van der Waals surface area contributed by atoms with Crippen LogP contribution in [0.4, 0.5) is 14.5 Å². The Balaban J connectivity index is 1.91. The molecule has 0 fully saturated rings. The highest BCUT2D eigenvalue weighted by Crippen LogP contribution is 2.26. The molecule has 29 heavy (non-hydrogen) atoms. The highest BCUT2D eigenvalue weighted by Gasteiger charge is 2.23. The SMILES string of the molecule is Cc1ccc(C)c(S(=O)(=O)Oc2ccccc2C(=O)Nc2ccc(F)c(F)c2)c1. The van der Waals surface area contributed by atoms with Gasteiger partial charge < -0.3 is 9.50 Å². The van der Waals surface area contributed by atoms with Crippen molar-refractivity contribution in [1.29, 1.82) is 0 Å². The van der Waals surface area contributed by atoms with Crippen molar-refractivity contribution >= 4 is 21.7 Å². The summed E-state index contributed by atoms with van der Waals surface area (Å²) in [5.74, 6) is -3.09. The molecular formula is C21H17F2NO4S. The topological polar surface area (TPSA) is 72.5 Å². The Bertz CT molecular complexity index is 1190. The molecule has 0 saturated heterocycles. The first kappa shape index (κ1) is 20.5. The van der Waals surface area contributed by atoms with Gasteiger partial charge in [-0.2, -0.15) is 8.42 Å². The van der Waals surface area contributed by atoms with Crippen molar-refractivity contribution in [2.75, 3.05) is 5.32 Å². The molecule has 3 aromatic carbocycles. The average Bonchev–Trinajstić information content (AvgIpc) is 2.66. The van der Waals surface area contributed by atoms with Gasteiger partial charge in [0.25, 0.3) is 5.91 Å². The van der Waals surface area contributed by atoms with Gasteiger partial charge in [0.2, 0.25) is 0 Å². The van der Waals surface area contributed by atoms with E-state index < -0.39 is 27.7 Å². The third-order valence-corrected chi connectivity index (χ3v) is 5.50. The molecule has 0 saturated carbocycles. The molecule has 1 N–H and O–H groups in total. The minimum Gasteiger partial charge on any atom is -0.378 e. The summed E-state index contributed by atoms with van der Waals surface area (Å²) in [5, 5.41) is 2.39. The van der Waals surface area contributed by atoms with Crippen molar-refractivity contribution in [3.8, 4) is 5.75 Å². The number of carbonyl (C=O) groups is 1. The largest absolute Gasteiger partial charge is 0.378 e. The lowest BCUT2D eigenvalue weighted by Gasteiger charge is -2.13. The predicted octanol–water partition coefficient (Wildman–Crippen LogP) is 4.60. The van der Waals surface area contributed by atoms with Crippen LogP contribution < -0.4 is 9.50 Å². The molecule has 3 aromatic rings. The van der Waals surface area contributed by atoms with Gasteiger partial charge in [-0.1, -0.05) is 24.3 Å². The monoisotopic (exact) mass is 417 g/mol. The molecule has 150 valence electrons. The van der Waals surface area contributed by atoms with E-state index in [1.807, 2.05) is 0 Å². The number of rotatable bonds is 5. The number of anilines is 1. The Morgan fingerprint density at radius 3 is 2.38 bits per heavy atom. The average molecular weight is 417 g/mol. The van der Waals surface area contributed by atoms with Gasteiger partial charge in [0.1, 0.15) is 4.90 Å². The summed E-state index contributed by atoms with van der Waals surface area (Å²) in [5.41, 5.74) is 1.17. The fourth-order valence-electron chi connectivity index (χ4n) is 2.64. The highest BCUT2D eigenvalue weighted by molar-refractivity contribution is 7.87. The number of amides is 1. The van der Waals surface area contributed by atoms with Gasteiger partial charge in [-0.15, -0.1) is 0 Å². The lowest BCUT2D eigenvalue weighted by Crippen LogP contribution is -2.17. The van der Waals surface area contributed by atoms with Crippen LogP contribution in [-0.4, -0.2) is 14.3 Å². The fourth-order valence-corrected chi connectivity index (χ4v) is 3.90. The number of benzene rings is 3. The molecule has 0 radical (unpaired) electrons. The van der Waals surface area contributed by atoms with Gasteiger partial charge in [-0.25, -0.2) is 8.78 Å². The molecule has 3 rings (SSSR count). The standard InChI is InChI=1S/C21H17F2NO4S/c1-13-7-8-14(2)20(11-13)29(26,27)28-19-6-4-3-5-16(19)21(25)24-15-9-10-17(22)18(23)12-15/h3-12H,1-2H3,(H,24,25). The minimum absolute atomic E-state index is 0.00619.